The first-order chi connectivity index (χ1) is 12.4. The lowest BCUT2D eigenvalue weighted by Gasteiger charge is -2.17. The van der Waals surface area contributed by atoms with Gasteiger partial charge in [0, 0.05) is 30.8 Å². The van der Waals surface area contributed by atoms with Gasteiger partial charge in [-0.3, -0.25) is 19.7 Å². The van der Waals surface area contributed by atoms with Gasteiger partial charge in [0.05, 0.1) is 17.4 Å². The van der Waals surface area contributed by atoms with Crippen LogP contribution in [-0.4, -0.2) is 29.3 Å². The molecule has 2 aromatic carbocycles. The predicted molar refractivity (Wildman–Crippen MR) is 92.1 cm³/mol. The van der Waals surface area contributed by atoms with Crippen molar-refractivity contribution in [3.63, 3.8) is 0 Å². The number of anilines is 1. The summed E-state index contributed by atoms with van der Waals surface area (Å²) in [5, 5.41) is 13.4. The van der Waals surface area contributed by atoms with E-state index in [0.717, 1.165) is 0 Å². The molecule has 0 aromatic heterocycles. The van der Waals surface area contributed by atoms with Crippen molar-refractivity contribution in [2.24, 2.45) is 0 Å². The van der Waals surface area contributed by atoms with Crippen molar-refractivity contribution in [1.29, 1.82) is 0 Å². The molecule has 1 aliphatic heterocycles. The number of carbonyl (C=O) groups is 2. The van der Waals surface area contributed by atoms with E-state index in [1.54, 1.807) is 0 Å². The van der Waals surface area contributed by atoms with Gasteiger partial charge in [-0.2, -0.15) is 0 Å². The minimum Gasteiger partial charge on any atom is -0.351 e. The van der Waals surface area contributed by atoms with Crippen LogP contribution >= 0.6 is 0 Å². The maximum atomic E-state index is 13.0. The topological polar surface area (TPSA) is 92.5 Å². The Kier molecular flexibility index (Phi) is 4.92. The second-order valence-corrected chi connectivity index (χ2v) is 6.05. The van der Waals surface area contributed by atoms with Crippen LogP contribution in [0.3, 0.4) is 0 Å². The van der Waals surface area contributed by atoms with Crippen LogP contribution in [0, 0.1) is 15.9 Å². The van der Waals surface area contributed by atoms with Gasteiger partial charge in [-0.15, -0.1) is 0 Å². The summed E-state index contributed by atoms with van der Waals surface area (Å²) in [6, 6.07) is 11.0. The molecular formula is C18H16FN3O4. The summed E-state index contributed by atoms with van der Waals surface area (Å²) in [7, 11) is 0. The molecule has 26 heavy (non-hydrogen) atoms. The first-order valence-corrected chi connectivity index (χ1v) is 8.01. The molecule has 0 unspecified atom stereocenters. The third-order valence-electron chi connectivity index (χ3n) is 4.14. The molecule has 0 bridgehead atoms. The molecule has 1 saturated heterocycles. The number of nitrogens with one attached hydrogen (secondary N) is 1. The number of benzene rings is 2. The fraction of sp³-hybridized carbons (Fsp3) is 0.222. The van der Waals surface area contributed by atoms with Gasteiger partial charge >= 0.3 is 0 Å². The van der Waals surface area contributed by atoms with Crippen molar-refractivity contribution in [3.05, 3.63) is 70.0 Å². The monoisotopic (exact) mass is 357 g/mol. The maximum Gasteiger partial charge on any atom is 0.269 e. The molecule has 134 valence electrons. The van der Waals surface area contributed by atoms with Gasteiger partial charge in [0.15, 0.2) is 0 Å². The number of hydrogen-bond acceptors (Lipinski definition) is 4. The summed E-state index contributed by atoms with van der Waals surface area (Å²) in [6.45, 7) is 0.316. The first kappa shape index (κ1) is 17.5. The second-order valence-electron chi connectivity index (χ2n) is 6.05. The Morgan fingerprint density at radius 3 is 2.46 bits per heavy atom. The normalized spacial score (nSPS) is 16.6. The van der Waals surface area contributed by atoms with Crippen LogP contribution < -0.4 is 10.2 Å². The minimum atomic E-state index is -0.502. The van der Waals surface area contributed by atoms with Gasteiger partial charge in [0.1, 0.15) is 5.82 Å². The van der Waals surface area contributed by atoms with Crippen molar-refractivity contribution in [3.8, 4) is 0 Å². The number of nitro groups is 1. The van der Waals surface area contributed by atoms with E-state index in [9.17, 15) is 24.1 Å². The molecule has 1 fully saturated rings. The molecule has 2 amide bonds. The van der Waals surface area contributed by atoms with E-state index in [1.165, 1.54) is 53.4 Å². The van der Waals surface area contributed by atoms with Gasteiger partial charge in [-0.05, 0) is 29.8 Å². The highest BCUT2D eigenvalue weighted by Crippen LogP contribution is 2.22. The summed E-state index contributed by atoms with van der Waals surface area (Å²) in [5.74, 6) is -0.789. The zero-order chi connectivity index (χ0) is 18.7. The Morgan fingerprint density at radius 2 is 1.85 bits per heavy atom. The van der Waals surface area contributed by atoms with Crippen LogP contribution in [-0.2, 0) is 16.0 Å². The lowest BCUT2D eigenvalue weighted by molar-refractivity contribution is -0.384. The molecule has 1 N–H and O–H groups in total. The Morgan fingerprint density at radius 1 is 1.19 bits per heavy atom. The lowest BCUT2D eigenvalue weighted by Crippen LogP contribution is -2.38. The van der Waals surface area contributed by atoms with E-state index in [-0.39, 0.29) is 42.2 Å². The number of carbonyl (C=O) groups excluding carboxylic acids is 2. The van der Waals surface area contributed by atoms with Crippen LogP contribution in [0.5, 0.6) is 0 Å². The van der Waals surface area contributed by atoms with E-state index in [4.69, 9.17) is 0 Å². The molecule has 0 saturated carbocycles. The molecule has 1 aliphatic rings. The zero-order valence-corrected chi connectivity index (χ0v) is 13.7. The summed E-state index contributed by atoms with van der Waals surface area (Å²) < 4.78 is 13.0. The van der Waals surface area contributed by atoms with E-state index < -0.39 is 4.92 Å². The van der Waals surface area contributed by atoms with Gasteiger partial charge in [0.25, 0.3) is 5.69 Å². The second kappa shape index (κ2) is 7.30. The molecule has 8 heteroatoms. The molecule has 1 atom stereocenters. The van der Waals surface area contributed by atoms with E-state index in [0.29, 0.717) is 17.8 Å². The summed E-state index contributed by atoms with van der Waals surface area (Å²) in [5.41, 5.74) is 1.20. The average Bonchev–Trinajstić information content (AvgIpc) is 2.96. The lowest BCUT2D eigenvalue weighted by atomic mass is 10.1. The number of nitrogens with zero attached hydrogens (tertiary/aromatic N) is 2. The van der Waals surface area contributed by atoms with Crippen molar-refractivity contribution in [2.75, 3.05) is 11.4 Å². The number of hydrogen-bond donors (Lipinski definition) is 1. The molecule has 7 nitrogen and oxygen atoms in total. The number of halogens is 1. The van der Waals surface area contributed by atoms with Gasteiger partial charge < -0.3 is 10.2 Å². The third-order valence-corrected chi connectivity index (χ3v) is 4.14. The van der Waals surface area contributed by atoms with Gasteiger partial charge in [-0.1, -0.05) is 12.1 Å². The molecule has 0 aliphatic carbocycles. The quantitative estimate of drug-likeness (QED) is 0.656. The van der Waals surface area contributed by atoms with Crippen molar-refractivity contribution in [1.82, 2.24) is 5.32 Å². The van der Waals surface area contributed by atoms with E-state index in [2.05, 4.69) is 5.32 Å². The maximum absolute atomic E-state index is 13.0. The fourth-order valence-electron chi connectivity index (χ4n) is 2.87. The standard InChI is InChI=1S/C18H16FN3O4/c19-13-3-7-15(8-4-13)21-11-14(10-18(21)24)20-17(23)9-12-1-5-16(6-2-12)22(25)26/h1-8,14H,9-11H2,(H,20,23)/t14-/m0/s1. The van der Waals surface area contributed by atoms with Crippen molar-refractivity contribution in [2.45, 2.75) is 18.9 Å². The molecule has 1 heterocycles. The number of non-ortho nitro benzene ring substituents is 1. The third kappa shape index (κ3) is 4.02. The van der Waals surface area contributed by atoms with E-state index >= 15 is 0 Å². The number of amides is 2. The Hall–Kier alpha value is -3.29. The molecule has 0 radical (unpaired) electrons. The molecular weight excluding hydrogens is 341 g/mol. The van der Waals surface area contributed by atoms with Crippen LogP contribution in [0.2, 0.25) is 0 Å². The number of nitro benzene ring substituents is 1. The number of rotatable bonds is 5. The van der Waals surface area contributed by atoms with Crippen LogP contribution in [0.25, 0.3) is 0 Å². The Labute approximate surface area is 148 Å². The first-order valence-electron chi connectivity index (χ1n) is 8.01. The minimum absolute atomic E-state index is 0.0366. The zero-order valence-electron chi connectivity index (χ0n) is 13.7. The van der Waals surface area contributed by atoms with Crippen LogP contribution in [0.15, 0.2) is 48.5 Å². The van der Waals surface area contributed by atoms with Crippen LogP contribution in [0.1, 0.15) is 12.0 Å². The molecule has 0 spiro atoms. The summed E-state index contributed by atoms with van der Waals surface area (Å²) in [4.78, 5) is 35.9. The molecule has 2 aromatic rings. The van der Waals surface area contributed by atoms with Gasteiger partial charge in [0.2, 0.25) is 11.8 Å². The largest absolute Gasteiger partial charge is 0.351 e. The highest BCUT2D eigenvalue weighted by Gasteiger charge is 2.31. The van der Waals surface area contributed by atoms with Crippen LogP contribution in [0.4, 0.5) is 15.8 Å². The Bertz CT molecular complexity index is 837. The molecule has 3 rings (SSSR count). The summed E-state index contributed by atoms with van der Waals surface area (Å²) in [6.07, 6.45) is 0.239. The SMILES string of the molecule is O=C(Cc1ccc([N+](=O)[O-])cc1)N[C@H]1CC(=O)N(c2ccc(F)cc2)C1. The smallest absolute Gasteiger partial charge is 0.269 e. The van der Waals surface area contributed by atoms with E-state index in [1.807, 2.05) is 0 Å². The van der Waals surface area contributed by atoms with Crippen molar-refractivity contribution < 1.29 is 18.9 Å². The summed E-state index contributed by atoms with van der Waals surface area (Å²) >= 11 is 0. The Balaban J connectivity index is 1.57. The fourth-order valence-corrected chi connectivity index (χ4v) is 2.87. The van der Waals surface area contributed by atoms with Crippen molar-refractivity contribution >= 4 is 23.2 Å². The highest BCUT2D eigenvalue weighted by atomic mass is 19.1. The highest BCUT2D eigenvalue weighted by molar-refractivity contribution is 5.96. The van der Waals surface area contributed by atoms with Gasteiger partial charge in [-0.25, -0.2) is 4.39 Å². The predicted octanol–water partition coefficient (Wildman–Crippen LogP) is 2.20. The average molecular weight is 357 g/mol.